The van der Waals surface area contributed by atoms with Crippen LogP contribution < -0.4 is 5.32 Å². The third-order valence-corrected chi connectivity index (χ3v) is 2.69. The average Bonchev–Trinajstić information content (AvgIpc) is 2.27. The second-order valence-corrected chi connectivity index (χ2v) is 3.91. The lowest BCUT2D eigenvalue weighted by Gasteiger charge is -2.35. The van der Waals surface area contributed by atoms with Gasteiger partial charge in [-0.05, 0) is 19.5 Å². The Hall–Kier alpha value is -0.560. The Labute approximate surface area is 93.2 Å². The van der Waals surface area contributed by atoms with Crippen molar-refractivity contribution in [3.05, 3.63) is 0 Å². The number of ether oxygens (including phenoxy) is 1. The van der Waals surface area contributed by atoms with Crippen LogP contribution in [-0.4, -0.2) is 49.8 Å². The van der Waals surface area contributed by atoms with Crippen molar-refractivity contribution in [2.45, 2.75) is 32.4 Å². The van der Waals surface area contributed by atoms with E-state index in [4.69, 9.17) is 11.2 Å². The van der Waals surface area contributed by atoms with Gasteiger partial charge in [-0.3, -0.25) is 4.90 Å². The van der Waals surface area contributed by atoms with E-state index in [1.165, 1.54) is 6.42 Å². The zero-order chi connectivity index (χ0) is 11.1. The molecule has 2 atom stereocenters. The molecule has 3 nitrogen and oxygen atoms in total. The number of morpholine rings is 1. The number of hydrogen-bond acceptors (Lipinski definition) is 3. The van der Waals surface area contributed by atoms with Crippen LogP contribution in [0.5, 0.6) is 0 Å². The molecule has 0 aliphatic carbocycles. The van der Waals surface area contributed by atoms with Crippen molar-refractivity contribution in [3.8, 4) is 12.3 Å². The van der Waals surface area contributed by atoms with Crippen LogP contribution in [0.25, 0.3) is 0 Å². The number of hydrogen-bond donors (Lipinski definition) is 1. The molecule has 3 heteroatoms. The summed E-state index contributed by atoms with van der Waals surface area (Å²) in [5.41, 5.74) is 0. The quantitative estimate of drug-likeness (QED) is 0.676. The van der Waals surface area contributed by atoms with Crippen molar-refractivity contribution in [1.82, 2.24) is 10.2 Å². The molecule has 1 heterocycles. The summed E-state index contributed by atoms with van der Waals surface area (Å²) in [6.45, 7) is 9.09. The molecule has 0 radical (unpaired) electrons. The van der Waals surface area contributed by atoms with Crippen LogP contribution in [0.15, 0.2) is 0 Å². The average molecular weight is 210 g/mol. The van der Waals surface area contributed by atoms with Gasteiger partial charge in [-0.25, -0.2) is 0 Å². The molecule has 0 aromatic carbocycles. The van der Waals surface area contributed by atoms with Crippen LogP contribution in [0, 0.1) is 12.3 Å². The highest BCUT2D eigenvalue weighted by atomic mass is 16.5. The van der Waals surface area contributed by atoms with Gasteiger partial charge in [0.05, 0.1) is 18.8 Å². The zero-order valence-corrected chi connectivity index (χ0v) is 9.83. The molecule has 0 amide bonds. The number of rotatable bonds is 5. The monoisotopic (exact) mass is 210 g/mol. The van der Waals surface area contributed by atoms with Crippen molar-refractivity contribution < 1.29 is 4.74 Å². The number of terminal acetylenes is 1. The summed E-state index contributed by atoms with van der Waals surface area (Å²) in [6.07, 6.45) is 6.84. The van der Waals surface area contributed by atoms with Crippen molar-refractivity contribution in [1.29, 1.82) is 0 Å². The van der Waals surface area contributed by atoms with Gasteiger partial charge in [0.1, 0.15) is 0 Å². The number of likely N-dealkylation sites (N-methyl/N-ethyl adjacent to an activating group) is 1. The van der Waals surface area contributed by atoms with E-state index in [9.17, 15) is 0 Å². The molecule has 1 rings (SSSR count). The topological polar surface area (TPSA) is 24.5 Å². The van der Waals surface area contributed by atoms with Gasteiger partial charge in [0.2, 0.25) is 0 Å². The van der Waals surface area contributed by atoms with Gasteiger partial charge in [0.15, 0.2) is 0 Å². The smallest absolute Gasteiger partial charge is 0.0967 e. The van der Waals surface area contributed by atoms with Gasteiger partial charge in [-0.2, -0.15) is 0 Å². The van der Waals surface area contributed by atoms with E-state index in [1.807, 2.05) is 0 Å². The van der Waals surface area contributed by atoms with E-state index >= 15 is 0 Å². The minimum Gasteiger partial charge on any atom is -0.373 e. The Morgan fingerprint density at radius 2 is 2.40 bits per heavy atom. The first-order valence-corrected chi connectivity index (χ1v) is 5.85. The Morgan fingerprint density at radius 1 is 1.60 bits per heavy atom. The lowest BCUT2D eigenvalue weighted by Crippen LogP contribution is -2.51. The van der Waals surface area contributed by atoms with Crippen molar-refractivity contribution in [2.75, 3.05) is 32.8 Å². The van der Waals surface area contributed by atoms with E-state index in [2.05, 4.69) is 30.0 Å². The van der Waals surface area contributed by atoms with E-state index in [-0.39, 0.29) is 12.1 Å². The van der Waals surface area contributed by atoms with E-state index in [0.29, 0.717) is 0 Å². The Morgan fingerprint density at radius 3 is 3.00 bits per heavy atom. The summed E-state index contributed by atoms with van der Waals surface area (Å²) in [5, 5.41) is 3.28. The maximum absolute atomic E-state index is 5.71. The molecular weight excluding hydrogens is 188 g/mol. The summed E-state index contributed by atoms with van der Waals surface area (Å²) >= 11 is 0. The van der Waals surface area contributed by atoms with Crippen molar-refractivity contribution >= 4 is 0 Å². The summed E-state index contributed by atoms with van der Waals surface area (Å²) in [6, 6.07) is 0.0506. The molecule has 0 aromatic rings. The Balaban J connectivity index is 2.43. The van der Waals surface area contributed by atoms with Gasteiger partial charge < -0.3 is 10.1 Å². The first-order valence-electron chi connectivity index (χ1n) is 5.85. The van der Waals surface area contributed by atoms with Gasteiger partial charge in [0, 0.05) is 13.1 Å². The molecule has 1 aliphatic heterocycles. The van der Waals surface area contributed by atoms with Crippen LogP contribution in [-0.2, 0) is 4.74 Å². The Bertz CT molecular complexity index is 210. The maximum atomic E-state index is 5.71. The number of nitrogens with zero attached hydrogens (tertiary/aromatic N) is 1. The predicted molar refractivity (Wildman–Crippen MR) is 62.8 cm³/mol. The minimum atomic E-state index is 0.0506. The fraction of sp³-hybridized carbons (Fsp3) is 0.833. The fourth-order valence-electron chi connectivity index (χ4n) is 1.97. The highest BCUT2D eigenvalue weighted by Crippen LogP contribution is 2.09. The second-order valence-electron chi connectivity index (χ2n) is 3.91. The predicted octanol–water partition coefficient (Wildman–Crippen LogP) is 0.708. The highest BCUT2D eigenvalue weighted by molar-refractivity contribution is 5.04. The van der Waals surface area contributed by atoms with Gasteiger partial charge in [0.25, 0.3) is 0 Å². The Kier molecular flexibility index (Phi) is 5.70. The maximum Gasteiger partial charge on any atom is 0.0967 e. The molecule has 2 unspecified atom stereocenters. The van der Waals surface area contributed by atoms with Crippen LogP contribution >= 0.6 is 0 Å². The van der Waals surface area contributed by atoms with E-state index in [0.717, 1.165) is 32.8 Å². The lowest BCUT2D eigenvalue weighted by atomic mass is 10.1. The largest absolute Gasteiger partial charge is 0.373 e. The van der Waals surface area contributed by atoms with Crippen molar-refractivity contribution in [3.63, 3.8) is 0 Å². The third-order valence-electron chi connectivity index (χ3n) is 2.69. The van der Waals surface area contributed by atoms with Crippen LogP contribution in [0.2, 0.25) is 0 Å². The standard InChI is InChI=1S/C12H22N2O/c1-4-7-14-8-9-15-12(10-14)11(5-2)13-6-3/h2,11-13H,4,6-10H2,1,3H3. The molecule has 15 heavy (non-hydrogen) atoms. The first-order chi connectivity index (χ1) is 7.31. The van der Waals surface area contributed by atoms with Gasteiger partial charge in [-0.15, -0.1) is 6.42 Å². The summed E-state index contributed by atoms with van der Waals surface area (Å²) < 4.78 is 5.71. The van der Waals surface area contributed by atoms with E-state index < -0.39 is 0 Å². The summed E-state index contributed by atoms with van der Waals surface area (Å²) in [5.74, 6) is 2.77. The molecule has 1 saturated heterocycles. The van der Waals surface area contributed by atoms with E-state index in [1.54, 1.807) is 0 Å². The van der Waals surface area contributed by atoms with Crippen LogP contribution in [0.3, 0.4) is 0 Å². The van der Waals surface area contributed by atoms with Gasteiger partial charge >= 0.3 is 0 Å². The molecule has 1 aliphatic rings. The first kappa shape index (κ1) is 12.5. The van der Waals surface area contributed by atoms with Crippen LogP contribution in [0.1, 0.15) is 20.3 Å². The zero-order valence-electron chi connectivity index (χ0n) is 9.83. The third kappa shape index (κ3) is 3.83. The van der Waals surface area contributed by atoms with Gasteiger partial charge in [-0.1, -0.05) is 19.8 Å². The second kappa shape index (κ2) is 6.84. The molecule has 0 bridgehead atoms. The molecule has 1 fully saturated rings. The highest BCUT2D eigenvalue weighted by Gasteiger charge is 2.25. The fourth-order valence-corrected chi connectivity index (χ4v) is 1.97. The number of nitrogens with one attached hydrogen (secondary N) is 1. The lowest BCUT2D eigenvalue weighted by molar-refractivity contribution is -0.0369. The molecule has 0 spiro atoms. The SMILES string of the molecule is C#CC(NCC)C1CN(CCC)CCO1. The van der Waals surface area contributed by atoms with Crippen molar-refractivity contribution in [2.24, 2.45) is 0 Å². The van der Waals surface area contributed by atoms with Crippen LogP contribution in [0.4, 0.5) is 0 Å². The molecular formula is C12H22N2O. The minimum absolute atomic E-state index is 0.0506. The molecule has 0 aromatic heterocycles. The normalized spacial score (nSPS) is 24.7. The molecule has 1 N–H and O–H groups in total. The molecule has 86 valence electrons. The summed E-state index contributed by atoms with van der Waals surface area (Å²) in [7, 11) is 0. The molecule has 0 saturated carbocycles. The summed E-state index contributed by atoms with van der Waals surface area (Å²) in [4.78, 5) is 2.43.